The third-order valence-corrected chi connectivity index (χ3v) is 5.43. The van der Waals surface area contributed by atoms with Gasteiger partial charge in [0.05, 0.1) is 16.3 Å². The molecular weight excluding hydrogens is 597 g/mol. The van der Waals surface area contributed by atoms with Crippen LogP contribution in [0.4, 0.5) is 5.69 Å². The van der Waals surface area contributed by atoms with Crippen LogP contribution >= 0.6 is 50.1 Å². The monoisotopic (exact) mass is 615 g/mol. The van der Waals surface area contributed by atoms with Crippen molar-refractivity contribution >= 4 is 67.6 Å². The van der Waals surface area contributed by atoms with Crippen molar-refractivity contribution in [3.63, 3.8) is 0 Å². The van der Waals surface area contributed by atoms with Crippen LogP contribution in [0.25, 0.3) is 5.82 Å². The largest absolute Gasteiger partial charge is 0.347 e. The first-order chi connectivity index (χ1) is 14.5. The van der Waals surface area contributed by atoms with Gasteiger partial charge < -0.3 is 10.6 Å². The summed E-state index contributed by atoms with van der Waals surface area (Å²) in [6.07, 6.45) is 1.57. The van der Waals surface area contributed by atoms with Gasteiger partial charge in [-0.25, -0.2) is 9.67 Å². The van der Waals surface area contributed by atoms with Crippen molar-refractivity contribution in [1.82, 2.24) is 20.1 Å². The molecule has 0 saturated carbocycles. The predicted molar refractivity (Wildman–Crippen MR) is 133 cm³/mol. The highest BCUT2D eigenvalue weighted by atomic mass is 127. The van der Waals surface area contributed by atoms with E-state index in [4.69, 9.17) is 11.6 Å². The third-order valence-electron chi connectivity index (χ3n) is 4.12. The third kappa shape index (κ3) is 5.64. The summed E-state index contributed by atoms with van der Waals surface area (Å²) in [5, 5.41) is 10.5. The van der Waals surface area contributed by atoms with E-state index in [2.05, 4.69) is 59.2 Å². The minimum absolute atomic E-state index is 0.215. The highest BCUT2D eigenvalue weighted by Crippen LogP contribution is 2.27. The molecule has 0 fully saturated rings. The molecule has 7 nitrogen and oxygen atoms in total. The zero-order valence-corrected chi connectivity index (χ0v) is 21.8. The van der Waals surface area contributed by atoms with Crippen molar-refractivity contribution in [2.24, 2.45) is 0 Å². The zero-order chi connectivity index (χ0) is 22.9. The van der Waals surface area contributed by atoms with E-state index in [1.54, 1.807) is 30.5 Å². The standard InChI is InChI=1S/C21H20BrClIN5O2/c1-11-8-12(24)9-13(19(30)27-21(2,3)4)17(11)26-20(31)15-10-16(22)28-29(15)18-14(23)6-5-7-25-18/h5-10H,1-4H3,(H,26,31)(H,27,30). The molecule has 31 heavy (non-hydrogen) atoms. The number of anilines is 1. The molecule has 162 valence electrons. The molecule has 0 bridgehead atoms. The Hall–Kier alpha value is -1.98. The summed E-state index contributed by atoms with van der Waals surface area (Å²) >= 11 is 11.7. The van der Waals surface area contributed by atoms with Crippen LogP contribution in [0.15, 0.2) is 41.1 Å². The van der Waals surface area contributed by atoms with Crippen LogP contribution in [0.3, 0.4) is 0 Å². The highest BCUT2D eigenvalue weighted by Gasteiger charge is 2.24. The number of nitrogens with zero attached hydrogens (tertiary/aromatic N) is 3. The number of halogens is 3. The molecular formula is C21H20BrClIN5O2. The Balaban J connectivity index is 2.02. The Morgan fingerprint density at radius 2 is 1.90 bits per heavy atom. The van der Waals surface area contributed by atoms with Crippen LogP contribution in [-0.4, -0.2) is 32.1 Å². The number of benzene rings is 1. The number of hydrogen-bond acceptors (Lipinski definition) is 4. The second-order valence-electron chi connectivity index (χ2n) is 7.88. The Kier molecular flexibility index (Phi) is 7.07. The van der Waals surface area contributed by atoms with E-state index in [0.29, 0.717) is 26.7 Å². The lowest BCUT2D eigenvalue weighted by Crippen LogP contribution is -2.41. The van der Waals surface area contributed by atoms with Crippen LogP contribution in [0.5, 0.6) is 0 Å². The van der Waals surface area contributed by atoms with Crippen molar-refractivity contribution < 1.29 is 9.59 Å². The molecule has 0 unspecified atom stereocenters. The fraction of sp³-hybridized carbons (Fsp3) is 0.238. The van der Waals surface area contributed by atoms with E-state index in [-0.39, 0.29) is 11.6 Å². The molecule has 10 heteroatoms. The molecule has 3 aromatic rings. The first kappa shape index (κ1) is 23.7. The Labute approximate surface area is 207 Å². The number of pyridine rings is 1. The van der Waals surface area contributed by atoms with Crippen LogP contribution < -0.4 is 10.6 Å². The summed E-state index contributed by atoms with van der Waals surface area (Å²) < 4.78 is 2.70. The van der Waals surface area contributed by atoms with Crippen molar-refractivity contribution in [3.8, 4) is 5.82 Å². The first-order valence-corrected chi connectivity index (χ1v) is 11.5. The van der Waals surface area contributed by atoms with Gasteiger partial charge in [0.2, 0.25) is 0 Å². The number of hydrogen-bond donors (Lipinski definition) is 2. The Morgan fingerprint density at radius 3 is 2.55 bits per heavy atom. The highest BCUT2D eigenvalue weighted by molar-refractivity contribution is 14.1. The average molecular weight is 617 g/mol. The summed E-state index contributed by atoms with van der Waals surface area (Å²) in [5.74, 6) is -0.397. The van der Waals surface area contributed by atoms with Gasteiger partial charge in [0.1, 0.15) is 10.3 Å². The second kappa shape index (κ2) is 9.25. The molecule has 1 aromatic carbocycles. The molecule has 0 atom stereocenters. The molecule has 2 aromatic heterocycles. The number of aromatic nitrogens is 3. The van der Waals surface area contributed by atoms with E-state index in [9.17, 15) is 9.59 Å². The molecule has 0 saturated heterocycles. The van der Waals surface area contributed by atoms with E-state index < -0.39 is 11.4 Å². The minimum Gasteiger partial charge on any atom is -0.347 e. The van der Waals surface area contributed by atoms with Gasteiger partial charge in [-0.3, -0.25) is 9.59 Å². The summed E-state index contributed by atoms with van der Waals surface area (Å²) in [5.41, 5.74) is 1.37. The maximum absolute atomic E-state index is 13.2. The normalized spacial score (nSPS) is 11.3. The lowest BCUT2D eigenvalue weighted by molar-refractivity contribution is 0.0920. The number of aryl methyl sites for hydroxylation is 1. The summed E-state index contributed by atoms with van der Waals surface area (Å²) in [6.45, 7) is 7.54. The molecule has 0 radical (unpaired) electrons. The van der Waals surface area contributed by atoms with Gasteiger partial charge in [0.25, 0.3) is 11.8 Å². The molecule has 2 amide bonds. The minimum atomic E-state index is -0.450. The predicted octanol–water partition coefficient (Wildman–Crippen LogP) is 5.38. The molecule has 0 aliphatic rings. The van der Waals surface area contributed by atoms with Crippen molar-refractivity contribution in [2.45, 2.75) is 33.2 Å². The van der Waals surface area contributed by atoms with Crippen molar-refractivity contribution in [1.29, 1.82) is 0 Å². The van der Waals surface area contributed by atoms with E-state index in [0.717, 1.165) is 9.13 Å². The average Bonchev–Trinajstić information content (AvgIpc) is 3.04. The van der Waals surface area contributed by atoms with E-state index in [1.165, 1.54) is 4.68 Å². The molecule has 0 aliphatic carbocycles. The molecule has 2 N–H and O–H groups in total. The first-order valence-electron chi connectivity index (χ1n) is 9.27. The second-order valence-corrected chi connectivity index (χ2v) is 10.3. The van der Waals surface area contributed by atoms with Gasteiger partial charge in [0.15, 0.2) is 5.82 Å². The topological polar surface area (TPSA) is 88.9 Å². The smallest absolute Gasteiger partial charge is 0.274 e. The Bertz CT molecular complexity index is 1170. The van der Waals surface area contributed by atoms with Crippen LogP contribution in [0.2, 0.25) is 5.02 Å². The van der Waals surface area contributed by atoms with Gasteiger partial charge in [-0.1, -0.05) is 11.6 Å². The van der Waals surface area contributed by atoms with Crippen molar-refractivity contribution in [3.05, 3.63) is 66.5 Å². The quantitative estimate of drug-likeness (QED) is 0.386. The number of nitrogens with one attached hydrogen (secondary N) is 2. The van der Waals surface area contributed by atoms with E-state index in [1.807, 2.05) is 33.8 Å². The maximum Gasteiger partial charge on any atom is 0.274 e. The number of rotatable bonds is 4. The lowest BCUT2D eigenvalue weighted by Gasteiger charge is -2.22. The van der Waals surface area contributed by atoms with E-state index >= 15 is 0 Å². The number of amides is 2. The fourth-order valence-corrected chi connectivity index (χ4v) is 4.24. The SMILES string of the molecule is Cc1cc(I)cc(C(=O)NC(C)(C)C)c1NC(=O)c1cc(Br)nn1-c1ncccc1Cl. The van der Waals surface area contributed by atoms with Gasteiger partial charge in [-0.15, -0.1) is 0 Å². The van der Waals surface area contributed by atoms with Crippen LogP contribution in [-0.2, 0) is 0 Å². The van der Waals surface area contributed by atoms with Gasteiger partial charge in [-0.05, 0) is 96.0 Å². The Morgan fingerprint density at radius 1 is 1.19 bits per heavy atom. The molecule has 3 rings (SSSR count). The summed E-state index contributed by atoms with van der Waals surface area (Å²) in [7, 11) is 0. The van der Waals surface area contributed by atoms with Crippen LogP contribution in [0, 0.1) is 10.5 Å². The van der Waals surface area contributed by atoms with Crippen LogP contribution in [0.1, 0.15) is 47.2 Å². The number of carbonyl (C=O) groups excluding carboxylic acids is 2. The summed E-state index contributed by atoms with van der Waals surface area (Å²) in [4.78, 5) is 30.4. The molecule has 2 heterocycles. The van der Waals surface area contributed by atoms with Gasteiger partial charge >= 0.3 is 0 Å². The summed E-state index contributed by atoms with van der Waals surface area (Å²) in [6, 6.07) is 8.57. The lowest BCUT2D eigenvalue weighted by atomic mass is 10.0. The van der Waals surface area contributed by atoms with Gasteiger partial charge in [0, 0.05) is 21.4 Å². The molecule has 0 aliphatic heterocycles. The maximum atomic E-state index is 13.2. The van der Waals surface area contributed by atoms with Gasteiger partial charge in [-0.2, -0.15) is 5.10 Å². The number of carbonyl (C=O) groups is 2. The van der Waals surface area contributed by atoms with Crippen molar-refractivity contribution in [2.75, 3.05) is 5.32 Å². The molecule has 0 spiro atoms. The zero-order valence-electron chi connectivity index (χ0n) is 17.3. The fourth-order valence-electron chi connectivity index (χ4n) is 2.88.